The lowest BCUT2D eigenvalue weighted by Crippen LogP contribution is -2.35. The molecule has 0 unspecified atom stereocenters. The number of benzene rings is 2. The number of ether oxygens (including phenoxy) is 1. The van der Waals surface area contributed by atoms with E-state index in [1.54, 1.807) is 36.3 Å². The molecular formula is C17H15N3O4. The normalized spacial score (nSPS) is 14.3. The summed E-state index contributed by atoms with van der Waals surface area (Å²) in [6.45, 7) is 0.431. The number of nitrogens with zero attached hydrogens (tertiary/aromatic N) is 3. The van der Waals surface area contributed by atoms with Crippen molar-refractivity contribution in [3.8, 4) is 5.75 Å². The van der Waals surface area contributed by atoms with Gasteiger partial charge in [-0.3, -0.25) is 15.0 Å². The van der Waals surface area contributed by atoms with Crippen molar-refractivity contribution in [1.82, 2.24) is 0 Å². The van der Waals surface area contributed by atoms with Crippen LogP contribution in [0.3, 0.4) is 0 Å². The van der Waals surface area contributed by atoms with Crippen molar-refractivity contribution in [3.63, 3.8) is 0 Å². The average Bonchev–Trinajstić information content (AvgIpc) is 2.61. The van der Waals surface area contributed by atoms with Crippen molar-refractivity contribution < 1.29 is 14.5 Å². The number of aliphatic imine (C=N–C) groups is 1. The second-order valence-electron chi connectivity index (χ2n) is 5.22. The standard InChI is InChI=1S/C17H15N3O4/c1-24-16-8-3-2-7-15(16)19-10-9-14(18-17(19)21)12-5-4-6-13(11-12)20(22)23/h2-8,11H,9-10H2,1H3. The predicted octanol–water partition coefficient (Wildman–Crippen LogP) is 3.42. The molecule has 2 amide bonds. The number of rotatable bonds is 4. The highest BCUT2D eigenvalue weighted by Gasteiger charge is 2.25. The summed E-state index contributed by atoms with van der Waals surface area (Å²) in [5, 5.41) is 10.9. The van der Waals surface area contributed by atoms with E-state index in [0.29, 0.717) is 35.7 Å². The van der Waals surface area contributed by atoms with E-state index >= 15 is 0 Å². The highest BCUT2D eigenvalue weighted by molar-refractivity contribution is 6.12. The molecule has 2 aromatic carbocycles. The first kappa shape index (κ1) is 15.7. The third-order valence-electron chi connectivity index (χ3n) is 3.80. The van der Waals surface area contributed by atoms with Crippen LogP contribution >= 0.6 is 0 Å². The van der Waals surface area contributed by atoms with Crippen molar-refractivity contribution in [1.29, 1.82) is 0 Å². The molecule has 122 valence electrons. The molecule has 1 aliphatic rings. The average molecular weight is 325 g/mol. The summed E-state index contributed by atoms with van der Waals surface area (Å²) in [5.41, 5.74) is 1.79. The number of methoxy groups -OCH3 is 1. The zero-order chi connectivity index (χ0) is 17.1. The number of carbonyl (C=O) groups excluding carboxylic acids is 1. The molecule has 0 radical (unpaired) electrons. The van der Waals surface area contributed by atoms with Gasteiger partial charge in [0, 0.05) is 30.7 Å². The van der Waals surface area contributed by atoms with Crippen LogP contribution in [0.2, 0.25) is 0 Å². The summed E-state index contributed by atoms with van der Waals surface area (Å²) in [4.78, 5) is 28.5. The molecule has 0 aliphatic carbocycles. The summed E-state index contributed by atoms with van der Waals surface area (Å²) in [7, 11) is 1.55. The van der Waals surface area contributed by atoms with Gasteiger partial charge in [0.1, 0.15) is 5.75 Å². The molecule has 2 aromatic rings. The SMILES string of the molecule is COc1ccccc1N1CCC(c2cccc([N+](=O)[O-])c2)=NC1=O. The van der Waals surface area contributed by atoms with Gasteiger partial charge in [0.05, 0.1) is 23.4 Å². The van der Waals surface area contributed by atoms with E-state index < -0.39 is 11.0 Å². The Morgan fingerprint density at radius 1 is 1.21 bits per heavy atom. The van der Waals surface area contributed by atoms with Crippen LogP contribution in [-0.4, -0.2) is 30.3 Å². The summed E-state index contributed by atoms with van der Waals surface area (Å²) in [6, 6.07) is 13.0. The van der Waals surface area contributed by atoms with Crippen LogP contribution < -0.4 is 9.64 Å². The molecule has 7 heteroatoms. The number of nitro groups is 1. The third-order valence-corrected chi connectivity index (χ3v) is 3.80. The predicted molar refractivity (Wildman–Crippen MR) is 90.0 cm³/mol. The number of carbonyl (C=O) groups is 1. The molecule has 0 aromatic heterocycles. The maximum Gasteiger partial charge on any atom is 0.348 e. The van der Waals surface area contributed by atoms with E-state index in [2.05, 4.69) is 4.99 Å². The molecule has 3 rings (SSSR count). The molecule has 0 saturated carbocycles. The Hall–Kier alpha value is -3.22. The van der Waals surface area contributed by atoms with Crippen LogP contribution in [0.15, 0.2) is 53.5 Å². The van der Waals surface area contributed by atoms with Crippen LogP contribution in [0.1, 0.15) is 12.0 Å². The summed E-state index contributed by atoms with van der Waals surface area (Å²) in [5.74, 6) is 0.597. The molecule has 7 nitrogen and oxygen atoms in total. The number of nitro benzene ring substituents is 1. The lowest BCUT2D eigenvalue weighted by Gasteiger charge is -2.26. The van der Waals surface area contributed by atoms with Gasteiger partial charge >= 0.3 is 6.03 Å². The number of para-hydroxylation sites is 2. The second kappa shape index (κ2) is 6.49. The van der Waals surface area contributed by atoms with E-state index in [1.165, 1.54) is 12.1 Å². The Morgan fingerprint density at radius 3 is 2.71 bits per heavy atom. The first-order chi connectivity index (χ1) is 11.6. The summed E-state index contributed by atoms with van der Waals surface area (Å²) >= 11 is 0. The number of anilines is 1. The van der Waals surface area contributed by atoms with Gasteiger partial charge in [-0.15, -0.1) is 0 Å². The third kappa shape index (κ3) is 2.96. The minimum atomic E-state index is -0.462. The van der Waals surface area contributed by atoms with Crippen LogP contribution in [0.5, 0.6) is 5.75 Å². The van der Waals surface area contributed by atoms with Gasteiger partial charge in [-0.2, -0.15) is 4.99 Å². The van der Waals surface area contributed by atoms with E-state index in [4.69, 9.17) is 4.74 Å². The van der Waals surface area contributed by atoms with Crippen molar-refractivity contribution in [3.05, 3.63) is 64.2 Å². The Morgan fingerprint density at radius 2 is 2.00 bits per heavy atom. The highest BCUT2D eigenvalue weighted by atomic mass is 16.6. The largest absolute Gasteiger partial charge is 0.495 e. The van der Waals surface area contributed by atoms with Crippen LogP contribution in [0.4, 0.5) is 16.2 Å². The zero-order valence-electron chi connectivity index (χ0n) is 13.0. The Kier molecular flexibility index (Phi) is 4.24. The Bertz CT molecular complexity index is 832. The lowest BCUT2D eigenvalue weighted by molar-refractivity contribution is -0.384. The Balaban J connectivity index is 1.90. The number of hydrogen-bond donors (Lipinski definition) is 0. The van der Waals surface area contributed by atoms with Crippen LogP contribution in [0, 0.1) is 10.1 Å². The number of amides is 2. The van der Waals surface area contributed by atoms with Crippen molar-refractivity contribution in [2.45, 2.75) is 6.42 Å². The molecular weight excluding hydrogens is 310 g/mol. The summed E-state index contributed by atoms with van der Waals surface area (Å²) < 4.78 is 5.28. The van der Waals surface area contributed by atoms with Crippen LogP contribution in [0.25, 0.3) is 0 Å². The monoisotopic (exact) mass is 325 g/mol. The lowest BCUT2D eigenvalue weighted by atomic mass is 10.0. The minimum absolute atomic E-state index is 0.0187. The molecule has 1 aliphatic heterocycles. The molecule has 0 bridgehead atoms. The quantitative estimate of drug-likeness (QED) is 0.637. The Labute approximate surface area is 138 Å². The number of hydrogen-bond acceptors (Lipinski definition) is 4. The molecule has 0 N–H and O–H groups in total. The van der Waals surface area contributed by atoms with Gasteiger partial charge in [0.15, 0.2) is 0 Å². The van der Waals surface area contributed by atoms with Gasteiger partial charge in [-0.05, 0) is 12.1 Å². The van der Waals surface area contributed by atoms with E-state index in [-0.39, 0.29) is 5.69 Å². The van der Waals surface area contributed by atoms with Crippen LogP contribution in [-0.2, 0) is 0 Å². The summed E-state index contributed by atoms with van der Waals surface area (Å²) in [6.07, 6.45) is 0.505. The van der Waals surface area contributed by atoms with Gasteiger partial charge in [0.25, 0.3) is 5.69 Å². The first-order valence-electron chi connectivity index (χ1n) is 7.37. The van der Waals surface area contributed by atoms with Crippen molar-refractivity contribution >= 4 is 23.1 Å². The maximum atomic E-state index is 12.4. The molecule has 24 heavy (non-hydrogen) atoms. The minimum Gasteiger partial charge on any atom is -0.495 e. The van der Waals surface area contributed by atoms with Gasteiger partial charge in [-0.1, -0.05) is 24.3 Å². The number of non-ortho nitro benzene ring substituents is 1. The fourth-order valence-electron chi connectivity index (χ4n) is 2.63. The fraction of sp³-hybridized carbons (Fsp3) is 0.176. The van der Waals surface area contributed by atoms with E-state index in [1.807, 2.05) is 12.1 Å². The zero-order valence-corrected chi connectivity index (χ0v) is 13.0. The second-order valence-corrected chi connectivity index (χ2v) is 5.22. The van der Waals surface area contributed by atoms with E-state index in [9.17, 15) is 14.9 Å². The molecule has 0 atom stereocenters. The molecule has 0 spiro atoms. The van der Waals surface area contributed by atoms with Crippen molar-refractivity contribution in [2.75, 3.05) is 18.6 Å². The molecule has 1 heterocycles. The molecule has 0 fully saturated rings. The smallest absolute Gasteiger partial charge is 0.348 e. The highest BCUT2D eigenvalue weighted by Crippen LogP contribution is 2.30. The maximum absolute atomic E-state index is 12.4. The van der Waals surface area contributed by atoms with Gasteiger partial charge < -0.3 is 4.74 Å². The van der Waals surface area contributed by atoms with E-state index in [0.717, 1.165) is 0 Å². The number of urea groups is 1. The van der Waals surface area contributed by atoms with Gasteiger partial charge in [-0.25, -0.2) is 4.79 Å². The molecule has 0 saturated heterocycles. The van der Waals surface area contributed by atoms with Gasteiger partial charge in [0.2, 0.25) is 0 Å². The first-order valence-corrected chi connectivity index (χ1v) is 7.37. The topological polar surface area (TPSA) is 85.0 Å². The fourth-order valence-corrected chi connectivity index (χ4v) is 2.63. The van der Waals surface area contributed by atoms with Crippen molar-refractivity contribution in [2.24, 2.45) is 4.99 Å².